The lowest BCUT2D eigenvalue weighted by Gasteiger charge is -2.08. The van der Waals surface area contributed by atoms with E-state index in [0.29, 0.717) is 11.4 Å². The molecule has 1 heterocycles. The summed E-state index contributed by atoms with van der Waals surface area (Å²) in [7, 11) is 0. The second-order valence-corrected chi connectivity index (χ2v) is 3.98. The van der Waals surface area contributed by atoms with Crippen molar-refractivity contribution in [1.29, 1.82) is 0 Å². The normalized spacial score (nSPS) is 10.4. The Bertz CT molecular complexity index is 648. The molecule has 1 aromatic heterocycles. The number of carboxylic acid groups (broad SMARTS) is 1. The van der Waals surface area contributed by atoms with Crippen LogP contribution >= 0.6 is 0 Å². The van der Waals surface area contributed by atoms with E-state index in [1.807, 2.05) is 0 Å². The number of aryl methyl sites for hydroxylation is 1. The first-order valence-corrected chi connectivity index (χ1v) is 5.48. The van der Waals surface area contributed by atoms with Gasteiger partial charge in [-0.25, -0.2) is 9.78 Å². The molecule has 0 amide bonds. The molecule has 7 nitrogen and oxygen atoms in total. The summed E-state index contributed by atoms with van der Waals surface area (Å²) in [6.07, 6.45) is 3.28. The van der Waals surface area contributed by atoms with Crippen LogP contribution in [0.3, 0.4) is 0 Å². The minimum atomic E-state index is -1.31. The molecule has 0 aliphatic heterocycles. The summed E-state index contributed by atoms with van der Waals surface area (Å²) in [5, 5.41) is 20.0. The molecule has 0 saturated carbocycles. The van der Waals surface area contributed by atoms with Crippen LogP contribution in [0, 0.1) is 17.0 Å². The molecule has 7 heteroatoms. The first-order chi connectivity index (χ1) is 9.00. The van der Waals surface area contributed by atoms with E-state index < -0.39 is 16.6 Å². The summed E-state index contributed by atoms with van der Waals surface area (Å²) >= 11 is 0. The van der Waals surface area contributed by atoms with E-state index in [2.05, 4.69) is 4.98 Å². The molecule has 0 atom stereocenters. The van der Waals surface area contributed by atoms with Gasteiger partial charge >= 0.3 is 5.97 Å². The van der Waals surface area contributed by atoms with E-state index in [1.54, 1.807) is 30.0 Å². The smallest absolute Gasteiger partial charge is 0.343 e. The fourth-order valence-electron chi connectivity index (χ4n) is 1.87. The van der Waals surface area contributed by atoms with Crippen LogP contribution in [0.4, 0.5) is 5.69 Å². The van der Waals surface area contributed by atoms with E-state index in [0.717, 1.165) is 0 Å². The van der Waals surface area contributed by atoms with Gasteiger partial charge in [0.1, 0.15) is 11.4 Å². The summed E-state index contributed by atoms with van der Waals surface area (Å²) in [5.41, 5.74) is -0.300. The predicted molar refractivity (Wildman–Crippen MR) is 66.1 cm³/mol. The first-order valence-electron chi connectivity index (χ1n) is 5.48. The first kappa shape index (κ1) is 12.7. The molecule has 0 saturated heterocycles. The van der Waals surface area contributed by atoms with Crippen LogP contribution in [0.2, 0.25) is 0 Å². The van der Waals surface area contributed by atoms with Gasteiger partial charge in [-0.1, -0.05) is 12.1 Å². The summed E-state index contributed by atoms with van der Waals surface area (Å²) < 4.78 is 1.73. The standard InChI is InChI=1S/C12H11N3O4/c1-8-13-5-6-14(8)7-9-3-2-4-10(15(18)19)11(9)12(16)17/h2-6H,7H2,1H3,(H,16,17). The highest BCUT2D eigenvalue weighted by Gasteiger charge is 2.23. The molecular formula is C12H11N3O4. The van der Waals surface area contributed by atoms with Gasteiger partial charge in [0.05, 0.1) is 4.92 Å². The molecule has 0 bridgehead atoms. The number of hydrogen-bond donors (Lipinski definition) is 1. The number of nitrogens with zero attached hydrogens (tertiary/aromatic N) is 3. The van der Waals surface area contributed by atoms with Gasteiger partial charge in [-0.3, -0.25) is 10.1 Å². The molecule has 0 fully saturated rings. The Morgan fingerprint density at radius 1 is 1.53 bits per heavy atom. The Morgan fingerprint density at radius 2 is 2.26 bits per heavy atom. The number of carbonyl (C=O) groups is 1. The second-order valence-electron chi connectivity index (χ2n) is 3.98. The van der Waals surface area contributed by atoms with E-state index >= 15 is 0 Å². The van der Waals surface area contributed by atoms with Crippen LogP contribution < -0.4 is 0 Å². The number of carboxylic acids is 1. The average Bonchev–Trinajstić information content (AvgIpc) is 2.74. The molecular weight excluding hydrogens is 250 g/mol. The zero-order chi connectivity index (χ0) is 14.0. The van der Waals surface area contributed by atoms with Crippen molar-refractivity contribution in [2.75, 3.05) is 0 Å². The molecule has 2 aromatic rings. The number of imidazole rings is 1. The highest BCUT2D eigenvalue weighted by Crippen LogP contribution is 2.23. The number of nitro benzene ring substituents is 1. The number of rotatable bonds is 4. The van der Waals surface area contributed by atoms with Gasteiger partial charge in [-0.05, 0) is 12.5 Å². The molecule has 19 heavy (non-hydrogen) atoms. The van der Waals surface area contributed by atoms with Crippen molar-refractivity contribution in [3.8, 4) is 0 Å². The van der Waals surface area contributed by atoms with Crippen LogP contribution in [-0.2, 0) is 6.54 Å². The van der Waals surface area contributed by atoms with E-state index in [9.17, 15) is 14.9 Å². The van der Waals surface area contributed by atoms with Gasteiger partial charge in [-0.2, -0.15) is 0 Å². The second kappa shape index (κ2) is 4.89. The van der Waals surface area contributed by atoms with E-state index in [-0.39, 0.29) is 12.1 Å². The molecule has 2 rings (SSSR count). The molecule has 0 radical (unpaired) electrons. The Balaban J connectivity index is 2.51. The van der Waals surface area contributed by atoms with Gasteiger partial charge in [-0.15, -0.1) is 0 Å². The van der Waals surface area contributed by atoms with Crippen molar-refractivity contribution in [1.82, 2.24) is 9.55 Å². The van der Waals surface area contributed by atoms with Crippen LogP contribution in [0.15, 0.2) is 30.6 Å². The molecule has 0 aliphatic carbocycles. The third kappa shape index (κ3) is 2.44. The fourth-order valence-corrected chi connectivity index (χ4v) is 1.87. The fraction of sp³-hybridized carbons (Fsp3) is 0.167. The summed E-state index contributed by atoms with van der Waals surface area (Å²) in [6.45, 7) is 2.01. The largest absolute Gasteiger partial charge is 0.477 e. The zero-order valence-corrected chi connectivity index (χ0v) is 10.1. The van der Waals surface area contributed by atoms with Crippen molar-refractivity contribution in [3.63, 3.8) is 0 Å². The Morgan fingerprint density at radius 3 is 2.79 bits per heavy atom. The number of aromatic nitrogens is 2. The zero-order valence-electron chi connectivity index (χ0n) is 10.1. The quantitative estimate of drug-likeness (QED) is 0.668. The van der Waals surface area contributed by atoms with E-state index in [4.69, 9.17) is 5.11 Å². The minimum Gasteiger partial charge on any atom is -0.477 e. The summed E-state index contributed by atoms with van der Waals surface area (Å²) in [6, 6.07) is 4.23. The lowest BCUT2D eigenvalue weighted by atomic mass is 10.1. The third-order valence-electron chi connectivity index (χ3n) is 2.80. The molecule has 98 valence electrons. The minimum absolute atomic E-state index is 0.231. The number of nitro groups is 1. The Hall–Kier alpha value is -2.70. The number of hydrogen-bond acceptors (Lipinski definition) is 4. The van der Waals surface area contributed by atoms with Crippen LogP contribution in [0.25, 0.3) is 0 Å². The van der Waals surface area contributed by atoms with Crippen molar-refractivity contribution in [2.24, 2.45) is 0 Å². The maximum atomic E-state index is 11.2. The number of aromatic carboxylic acids is 1. The van der Waals surface area contributed by atoms with Gasteiger partial charge in [0.15, 0.2) is 0 Å². The predicted octanol–water partition coefficient (Wildman–Crippen LogP) is 1.85. The topological polar surface area (TPSA) is 98.3 Å². The van der Waals surface area contributed by atoms with Gasteiger partial charge in [0.25, 0.3) is 5.69 Å². The van der Waals surface area contributed by atoms with Crippen molar-refractivity contribution in [3.05, 3.63) is 57.7 Å². The highest BCUT2D eigenvalue weighted by atomic mass is 16.6. The molecule has 1 aromatic carbocycles. The lowest BCUT2D eigenvalue weighted by Crippen LogP contribution is -2.10. The van der Waals surface area contributed by atoms with Crippen LogP contribution in [0.5, 0.6) is 0 Å². The Labute approximate surface area is 108 Å². The van der Waals surface area contributed by atoms with Crippen LogP contribution in [0.1, 0.15) is 21.7 Å². The highest BCUT2D eigenvalue weighted by molar-refractivity contribution is 5.94. The molecule has 0 aliphatic rings. The van der Waals surface area contributed by atoms with Gasteiger partial charge in [0.2, 0.25) is 0 Å². The van der Waals surface area contributed by atoms with Crippen molar-refractivity contribution < 1.29 is 14.8 Å². The van der Waals surface area contributed by atoms with Crippen molar-refractivity contribution in [2.45, 2.75) is 13.5 Å². The SMILES string of the molecule is Cc1nccn1Cc1cccc([N+](=O)[O-])c1C(=O)O. The third-order valence-corrected chi connectivity index (χ3v) is 2.80. The van der Waals surface area contributed by atoms with Gasteiger partial charge in [0, 0.05) is 25.0 Å². The molecule has 1 N–H and O–H groups in total. The lowest BCUT2D eigenvalue weighted by molar-refractivity contribution is -0.385. The van der Waals surface area contributed by atoms with E-state index in [1.165, 1.54) is 12.1 Å². The number of benzene rings is 1. The van der Waals surface area contributed by atoms with Gasteiger partial charge < -0.3 is 9.67 Å². The average molecular weight is 261 g/mol. The maximum Gasteiger partial charge on any atom is 0.343 e. The molecule has 0 spiro atoms. The molecule has 0 unspecified atom stereocenters. The summed E-state index contributed by atoms with van der Waals surface area (Å²) in [4.78, 5) is 25.4. The van der Waals surface area contributed by atoms with Crippen molar-refractivity contribution >= 4 is 11.7 Å². The Kier molecular flexibility index (Phi) is 3.28. The van der Waals surface area contributed by atoms with Crippen LogP contribution in [-0.4, -0.2) is 25.6 Å². The maximum absolute atomic E-state index is 11.2. The summed E-state index contributed by atoms with van der Waals surface area (Å²) in [5.74, 6) is -0.595. The monoisotopic (exact) mass is 261 g/mol.